The first kappa shape index (κ1) is 12.4. The van der Waals surface area contributed by atoms with Crippen molar-refractivity contribution in [2.45, 2.75) is 45.6 Å². The summed E-state index contributed by atoms with van der Waals surface area (Å²) in [6.45, 7) is 8.75. The van der Waals surface area contributed by atoms with E-state index in [4.69, 9.17) is 0 Å². The van der Waals surface area contributed by atoms with Gasteiger partial charge in [0, 0.05) is 12.6 Å². The van der Waals surface area contributed by atoms with Gasteiger partial charge in [-0.05, 0) is 63.6 Å². The van der Waals surface area contributed by atoms with Crippen LogP contribution in [0.15, 0.2) is 0 Å². The van der Waals surface area contributed by atoms with Crippen molar-refractivity contribution in [3.05, 3.63) is 0 Å². The van der Waals surface area contributed by atoms with Crippen molar-refractivity contribution in [1.82, 2.24) is 10.2 Å². The number of nitrogens with zero attached hydrogens (tertiary/aromatic N) is 1. The molecule has 0 spiro atoms. The minimum absolute atomic E-state index is 0.889. The molecule has 2 heteroatoms. The number of likely N-dealkylation sites (tertiary alicyclic amines) is 1. The standard InChI is InChI=1S/C14H28N2/c1-11-6-12(2)8-14(7-11)16-5-4-13(10-16)9-15-3/h11-15H,4-10H2,1-3H3. The molecule has 1 N–H and O–H groups in total. The van der Waals surface area contributed by atoms with Crippen LogP contribution in [0.3, 0.4) is 0 Å². The predicted octanol–water partition coefficient (Wildman–Crippen LogP) is 2.35. The van der Waals surface area contributed by atoms with Gasteiger partial charge in [0.2, 0.25) is 0 Å². The molecule has 1 heterocycles. The Bertz CT molecular complexity index is 207. The Kier molecular flexibility index (Phi) is 4.26. The third kappa shape index (κ3) is 2.98. The normalized spacial score (nSPS) is 41.4. The molecule has 0 aromatic carbocycles. The van der Waals surface area contributed by atoms with Crippen molar-refractivity contribution < 1.29 is 0 Å². The van der Waals surface area contributed by atoms with Crippen LogP contribution in [0.4, 0.5) is 0 Å². The Morgan fingerprint density at radius 2 is 1.81 bits per heavy atom. The van der Waals surface area contributed by atoms with Gasteiger partial charge in [-0.1, -0.05) is 13.8 Å². The maximum absolute atomic E-state index is 3.32. The molecule has 0 aromatic rings. The molecule has 0 radical (unpaired) electrons. The molecule has 1 aliphatic heterocycles. The molecule has 0 bridgehead atoms. The van der Waals surface area contributed by atoms with Gasteiger partial charge in [0.25, 0.3) is 0 Å². The summed E-state index contributed by atoms with van der Waals surface area (Å²) in [6, 6.07) is 0.889. The van der Waals surface area contributed by atoms with Gasteiger partial charge in [-0.15, -0.1) is 0 Å². The number of hydrogen-bond acceptors (Lipinski definition) is 2. The van der Waals surface area contributed by atoms with E-state index in [1.165, 1.54) is 45.3 Å². The number of nitrogens with one attached hydrogen (secondary N) is 1. The Labute approximate surface area is 101 Å². The first-order chi connectivity index (χ1) is 7.69. The number of rotatable bonds is 3. The molecule has 0 amide bonds. The minimum Gasteiger partial charge on any atom is -0.319 e. The Morgan fingerprint density at radius 3 is 2.44 bits per heavy atom. The fraction of sp³-hybridized carbons (Fsp3) is 1.00. The van der Waals surface area contributed by atoms with Gasteiger partial charge in [-0.3, -0.25) is 0 Å². The minimum atomic E-state index is 0.889. The highest BCUT2D eigenvalue weighted by Crippen LogP contribution is 2.33. The molecule has 1 saturated carbocycles. The van der Waals surface area contributed by atoms with E-state index in [1.807, 2.05) is 0 Å². The van der Waals surface area contributed by atoms with Crippen molar-refractivity contribution in [3.63, 3.8) is 0 Å². The topological polar surface area (TPSA) is 15.3 Å². The summed E-state index contributed by atoms with van der Waals surface area (Å²) in [7, 11) is 2.08. The summed E-state index contributed by atoms with van der Waals surface area (Å²) in [5.41, 5.74) is 0. The molecule has 0 aromatic heterocycles. The van der Waals surface area contributed by atoms with Gasteiger partial charge in [-0.2, -0.15) is 0 Å². The quantitative estimate of drug-likeness (QED) is 0.791. The van der Waals surface area contributed by atoms with Crippen LogP contribution in [-0.2, 0) is 0 Å². The summed E-state index contributed by atoms with van der Waals surface area (Å²) in [5.74, 6) is 2.78. The van der Waals surface area contributed by atoms with Crippen LogP contribution in [0.2, 0.25) is 0 Å². The van der Waals surface area contributed by atoms with Crippen molar-refractivity contribution in [2.75, 3.05) is 26.7 Å². The van der Waals surface area contributed by atoms with Crippen LogP contribution < -0.4 is 5.32 Å². The Hall–Kier alpha value is -0.0800. The molecule has 1 saturated heterocycles. The fourth-order valence-electron chi connectivity index (χ4n) is 3.85. The van der Waals surface area contributed by atoms with Crippen LogP contribution in [0.25, 0.3) is 0 Å². The van der Waals surface area contributed by atoms with Crippen LogP contribution in [-0.4, -0.2) is 37.6 Å². The highest BCUT2D eigenvalue weighted by Gasteiger charge is 2.32. The lowest BCUT2D eigenvalue weighted by molar-refractivity contribution is 0.129. The van der Waals surface area contributed by atoms with E-state index in [0.29, 0.717) is 0 Å². The summed E-state index contributed by atoms with van der Waals surface area (Å²) < 4.78 is 0. The molecule has 2 rings (SSSR count). The van der Waals surface area contributed by atoms with E-state index in [2.05, 4.69) is 31.1 Å². The highest BCUT2D eigenvalue weighted by molar-refractivity contribution is 4.87. The second kappa shape index (κ2) is 5.50. The summed E-state index contributed by atoms with van der Waals surface area (Å²) >= 11 is 0. The van der Waals surface area contributed by atoms with Crippen molar-refractivity contribution >= 4 is 0 Å². The van der Waals surface area contributed by atoms with Gasteiger partial charge < -0.3 is 10.2 Å². The lowest BCUT2D eigenvalue weighted by Crippen LogP contribution is -2.39. The predicted molar refractivity (Wildman–Crippen MR) is 69.6 cm³/mol. The zero-order valence-electron chi connectivity index (χ0n) is 11.2. The van der Waals surface area contributed by atoms with Gasteiger partial charge in [0.1, 0.15) is 0 Å². The van der Waals surface area contributed by atoms with Gasteiger partial charge >= 0.3 is 0 Å². The molecular weight excluding hydrogens is 196 g/mol. The second-order valence-corrected chi connectivity index (χ2v) is 6.28. The third-order valence-electron chi connectivity index (χ3n) is 4.48. The molecule has 16 heavy (non-hydrogen) atoms. The molecule has 3 atom stereocenters. The SMILES string of the molecule is CNCC1CCN(C2CC(C)CC(C)C2)C1. The monoisotopic (exact) mass is 224 g/mol. The molecule has 94 valence electrons. The van der Waals surface area contributed by atoms with E-state index in [0.717, 1.165) is 23.8 Å². The number of hydrogen-bond donors (Lipinski definition) is 1. The maximum atomic E-state index is 3.32. The van der Waals surface area contributed by atoms with Crippen molar-refractivity contribution in [2.24, 2.45) is 17.8 Å². The summed E-state index contributed by atoms with van der Waals surface area (Å²) in [5, 5.41) is 3.32. The molecule has 2 fully saturated rings. The van der Waals surface area contributed by atoms with E-state index in [9.17, 15) is 0 Å². The van der Waals surface area contributed by atoms with Crippen LogP contribution in [0.1, 0.15) is 39.5 Å². The second-order valence-electron chi connectivity index (χ2n) is 6.28. The van der Waals surface area contributed by atoms with Crippen LogP contribution in [0, 0.1) is 17.8 Å². The summed E-state index contributed by atoms with van der Waals surface area (Å²) in [6.07, 6.45) is 5.73. The zero-order chi connectivity index (χ0) is 11.5. The van der Waals surface area contributed by atoms with Crippen LogP contribution in [0.5, 0.6) is 0 Å². The highest BCUT2D eigenvalue weighted by atomic mass is 15.2. The van der Waals surface area contributed by atoms with E-state index in [-0.39, 0.29) is 0 Å². The lowest BCUT2D eigenvalue weighted by atomic mass is 9.80. The first-order valence-corrected chi connectivity index (χ1v) is 7.07. The Balaban J connectivity index is 1.84. The summed E-state index contributed by atoms with van der Waals surface area (Å²) in [4.78, 5) is 2.77. The molecule has 2 aliphatic rings. The van der Waals surface area contributed by atoms with Gasteiger partial charge in [-0.25, -0.2) is 0 Å². The van der Waals surface area contributed by atoms with Crippen LogP contribution >= 0.6 is 0 Å². The van der Waals surface area contributed by atoms with E-state index < -0.39 is 0 Å². The Morgan fingerprint density at radius 1 is 1.12 bits per heavy atom. The van der Waals surface area contributed by atoms with Crippen molar-refractivity contribution in [1.29, 1.82) is 0 Å². The molecule has 2 nitrogen and oxygen atoms in total. The average Bonchev–Trinajstić information content (AvgIpc) is 2.65. The van der Waals surface area contributed by atoms with Gasteiger partial charge in [0.05, 0.1) is 0 Å². The average molecular weight is 224 g/mol. The molecule has 1 aliphatic carbocycles. The maximum Gasteiger partial charge on any atom is 0.0100 e. The van der Waals surface area contributed by atoms with Gasteiger partial charge in [0.15, 0.2) is 0 Å². The van der Waals surface area contributed by atoms with E-state index in [1.54, 1.807) is 0 Å². The fourth-order valence-corrected chi connectivity index (χ4v) is 3.85. The largest absolute Gasteiger partial charge is 0.319 e. The van der Waals surface area contributed by atoms with E-state index >= 15 is 0 Å². The lowest BCUT2D eigenvalue weighted by Gasteiger charge is -2.37. The smallest absolute Gasteiger partial charge is 0.0100 e. The third-order valence-corrected chi connectivity index (χ3v) is 4.48. The zero-order valence-corrected chi connectivity index (χ0v) is 11.2. The van der Waals surface area contributed by atoms with Crippen molar-refractivity contribution in [3.8, 4) is 0 Å². The first-order valence-electron chi connectivity index (χ1n) is 7.07. The molecular formula is C14H28N2. The molecule has 3 unspecified atom stereocenters.